The lowest BCUT2D eigenvalue weighted by Crippen LogP contribution is -1.97. The maximum Gasteiger partial charge on any atom is 0.313 e. The molecule has 110 valence electrons. The predicted molar refractivity (Wildman–Crippen MR) is 86.4 cm³/mol. The Labute approximate surface area is 136 Å². The van der Waals surface area contributed by atoms with Crippen LogP contribution in [0.3, 0.4) is 0 Å². The van der Waals surface area contributed by atoms with E-state index in [-0.39, 0.29) is 17.4 Å². The Morgan fingerprint density at radius 3 is 2.48 bits per heavy atom. The van der Waals surface area contributed by atoms with Crippen molar-refractivity contribution in [1.82, 2.24) is 0 Å². The highest BCUT2D eigenvalue weighted by Gasteiger charge is 2.18. The molecule has 0 aliphatic heterocycles. The predicted octanol–water partition coefficient (Wildman–Crippen LogP) is 5.93. The molecule has 0 aliphatic carbocycles. The van der Waals surface area contributed by atoms with Gasteiger partial charge < -0.3 is 4.74 Å². The molecule has 0 saturated carbocycles. The minimum absolute atomic E-state index is 0.153. The van der Waals surface area contributed by atoms with Crippen LogP contribution >= 0.6 is 27.5 Å². The Morgan fingerprint density at radius 1 is 1.19 bits per heavy atom. The van der Waals surface area contributed by atoms with Crippen molar-refractivity contribution in [3.8, 4) is 11.5 Å². The minimum atomic E-state index is -0.505. The average Bonchev–Trinajstić information content (AvgIpc) is 2.42. The molecule has 2 rings (SSSR count). The first-order valence-corrected chi connectivity index (χ1v) is 7.47. The van der Waals surface area contributed by atoms with E-state index in [1.54, 1.807) is 12.1 Å². The van der Waals surface area contributed by atoms with Crippen LogP contribution in [0.2, 0.25) is 5.02 Å². The van der Waals surface area contributed by atoms with Crippen molar-refractivity contribution in [1.29, 1.82) is 0 Å². The van der Waals surface area contributed by atoms with Gasteiger partial charge in [-0.15, -0.1) is 0 Å². The van der Waals surface area contributed by atoms with Gasteiger partial charge in [-0.05, 0) is 41.8 Å². The molecule has 0 radical (unpaired) electrons. The summed E-state index contributed by atoms with van der Waals surface area (Å²) >= 11 is 9.22. The highest BCUT2D eigenvalue weighted by Crippen LogP contribution is 2.37. The van der Waals surface area contributed by atoms with Crippen molar-refractivity contribution >= 4 is 33.2 Å². The van der Waals surface area contributed by atoms with Gasteiger partial charge in [0.1, 0.15) is 5.75 Å². The van der Waals surface area contributed by atoms with E-state index >= 15 is 0 Å². The number of nitro groups is 1. The van der Waals surface area contributed by atoms with E-state index in [9.17, 15) is 10.1 Å². The van der Waals surface area contributed by atoms with Crippen LogP contribution < -0.4 is 4.74 Å². The molecule has 0 amide bonds. The monoisotopic (exact) mass is 369 g/mol. The van der Waals surface area contributed by atoms with E-state index in [0.29, 0.717) is 10.8 Å². The Morgan fingerprint density at radius 2 is 1.86 bits per heavy atom. The molecule has 6 heteroatoms. The summed E-state index contributed by atoms with van der Waals surface area (Å²) in [6, 6.07) is 9.93. The molecular formula is C15H13BrClNO3. The average molecular weight is 371 g/mol. The molecule has 0 N–H and O–H groups in total. The first kappa shape index (κ1) is 15.8. The summed E-state index contributed by atoms with van der Waals surface area (Å²) < 4.78 is 6.69. The summed E-state index contributed by atoms with van der Waals surface area (Å²) in [5, 5.41) is 11.4. The molecule has 2 aromatic carbocycles. The van der Waals surface area contributed by atoms with Crippen molar-refractivity contribution in [2.45, 2.75) is 19.8 Å². The highest BCUT2D eigenvalue weighted by molar-refractivity contribution is 9.10. The summed E-state index contributed by atoms with van der Waals surface area (Å²) in [5.74, 6) is 0.996. The van der Waals surface area contributed by atoms with Gasteiger partial charge in [0.2, 0.25) is 5.75 Å². The van der Waals surface area contributed by atoms with Gasteiger partial charge in [-0.3, -0.25) is 10.1 Å². The second kappa shape index (κ2) is 6.45. The number of rotatable bonds is 4. The molecular weight excluding hydrogens is 358 g/mol. The van der Waals surface area contributed by atoms with E-state index in [0.717, 1.165) is 10.0 Å². The van der Waals surface area contributed by atoms with Crippen LogP contribution in [0.25, 0.3) is 0 Å². The van der Waals surface area contributed by atoms with Crippen LogP contribution in [0.1, 0.15) is 25.3 Å². The fraction of sp³-hybridized carbons (Fsp3) is 0.200. The standard InChI is InChI=1S/C15H13BrClNO3/c1-9(2)12-7-10(16)3-5-14(12)21-15-6-4-11(17)8-13(15)18(19)20/h3-9H,1-2H3. The number of nitrogens with zero attached hydrogens (tertiary/aromatic N) is 1. The molecule has 0 spiro atoms. The lowest BCUT2D eigenvalue weighted by molar-refractivity contribution is -0.385. The van der Waals surface area contributed by atoms with Crippen LogP contribution in [0.5, 0.6) is 11.5 Å². The Hall–Kier alpha value is -1.59. The third kappa shape index (κ3) is 3.74. The lowest BCUT2D eigenvalue weighted by atomic mass is 10.0. The molecule has 0 atom stereocenters. The van der Waals surface area contributed by atoms with Crippen LogP contribution in [0.4, 0.5) is 5.69 Å². The number of halogens is 2. The van der Waals surface area contributed by atoms with Crippen LogP contribution in [0, 0.1) is 10.1 Å². The summed E-state index contributed by atoms with van der Waals surface area (Å²) in [5.41, 5.74) is 0.814. The molecule has 4 nitrogen and oxygen atoms in total. The topological polar surface area (TPSA) is 52.4 Å². The number of nitro benzene ring substituents is 1. The maximum atomic E-state index is 11.1. The highest BCUT2D eigenvalue weighted by atomic mass is 79.9. The molecule has 0 unspecified atom stereocenters. The van der Waals surface area contributed by atoms with Gasteiger partial charge in [0.05, 0.1) is 4.92 Å². The zero-order chi connectivity index (χ0) is 15.6. The van der Waals surface area contributed by atoms with E-state index < -0.39 is 4.92 Å². The fourth-order valence-corrected chi connectivity index (χ4v) is 2.45. The molecule has 0 bridgehead atoms. The van der Waals surface area contributed by atoms with Crippen LogP contribution in [0.15, 0.2) is 40.9 Å². The van der Waals surface area contributed by atoms with Crippen molar-refractivity contribution in [2.75, 3.05) is 0 Å². The summed E-state index contributed by atoms with van der Waals surface area (Å²) in [7, 11) is 0. The quantitative estimate of drug-likeness (QED) is 0.495. The fourth-order valence-electron chi connectivity index (χ4n) is 1.90. The van der Waals surface area contributed by atoms with Gasteiger partial charge in [0.25, 0.3) is 0 Å². The van der Waals surface area contributed by atoms with Crippen LogP contribution in [-0.4, -0.2) is 4.92 Å². The van der Waals surface area contributed by atoms with E-state index in [4.69, 9.17) is 16.3 Å². The van der Waals surface area contributed by atoms with Crippen molar-refractivity contribution in [3.05, 3.63) is 61.6 Å². The van der Waals surface area contributed by atoms with E-state index in [1.165, 1.54) is 12.1 Å². The van der Waals surface area contributed by atoms with E-state index in [1.807, 2.05) is 26.0 Å². The second-order valence-corrected chi connectivity index (χ2v) is 6.16. The van der Waals surface area contributed by atoms with Gasteiger partial charge in [0, 0.05) is 15.6 Å². The minimum Gasteiger partial charge on any atom is -0.450 e. The summed E-state index contributed by atoms with van der Waals surface area (Å²) in [4.78, 5) is 10.6. The summed E-state index contributed by atoms with van der Waals surface area (Å²) in [6.07, 6.45) is 0. The number of hydrogen-bond donors (Lipinski definition) is 0. The number of hydrogen-bond acceptors (Lipinski definition) is 3. The van der Waals surface area contributed by atoms with Gasteiger partial charge in [-0.2, -0.15) is 0 Å². The molecule has 0 heterocycles. The van der Waals surface area contributed by atoms with Crippen molar-refractivity contribution in [3.63, 3.8) is 0 Å². The molecule has 0 fully saturated rings. The smallest absolute Gasteiger partial charge is 0.313 e. The Balaban J connectivity index is 2.46. The van der Waals surface area contributed by atoms with Gasteiger partial charge in [-0.1, -0.05) is 41.4 Å². The first-order chi connectivity index (χ1) is 9.88. The molecule has 0 saturated heterocycles. The zero-order valence-corrected chi connectivity index (χ0v) is 13.8. The Bertz CT molecular complexity index is 689. The van der Waals surface area contributed by atoms with Gasteiger partial charge >= 0.3 is 5.69 Å². The normalized spacial score (nSPS) is 10.7. The zero-order valence-electron chi connectivity index (χ0n) is 11.5. The second-order valence-electron chi connectivity index (χ2n) is 4.81. The first-order valence-electron chi connectivity index (χ1n) is 6.29. The van der Waals surface area contributed by atoms with Crippen LogP contribution in [-0.2, 0) is 0 Å². The number of benzene rings is 2. The third-order valence-electron chi connectivity index (χ3n) is 2.93. The molecule has 0 aromatic heterocycles. The maximum absolute atomic E-state index is 11.1. The third-order valence-corrected chi connectivity index (χ3v) is 3.66. The SMILES string of the molecule is CC(C)c1cc(Br)ccc1Oc1ccc(Cl)cc1[N+](=O)[O-]. The van der Waals surface area contributed by atoms with Gasteiger partial charge in [-0.25, -0.2) is 0 Å². The molecule has 2 aromatic rings. The van der Waals surface area contributed by atoms with Gasteiger partial charge in [0.15, 0.2) is 0 Å². The largest absolute Gasteiger partial charge is 0.450 e. The Kier molecular flexibility index (Phi) is 4.85. The summed E-state index contributed by atoms with van der Waals surface area (Å²) in [6.45, 7) is 4.07. The van der Waals surface area contributed by atoms with Crippen molar-refractivity contribution in [2.24, 2.45) is 0 Å². The number of ether oxygens (including phenoxy) is 1. The van der Waals surface area contributed by atoms with E-state index in [2.05, 4.69) is 15.9 Å². The molecule has 21 heavy (non-hydrogen) atoms. The molecule has 0 aliphatic rings. The lowest BCUT2D eigenvalue weighted by Gasteiger charge is -2.14. The van der Waals surface area contributed by atoms with Crippen molar-refractivity contribution < 1.29 is 9.66 Å².